The zero-order valence-electron chi connectivity index (χ0n) is 16.7. The third-order valence-electron chi connectivity index (χ3n) is 4.62. The number of rotatable bonds is 7. The van der Waals surface area contributed by atoms with Crippen LogP contribution in [0.3, 0.4) is 0 Å². The summed E-state index contributed by atoms with van der Waals surface area (Å²) in [5.41, 5.74) is -0.927. The van der Waals surface area contributed by atoms with Gasteiger partial charge in [-0.3, -0.25) is 4.79 Å². The van der Waals surface area contributed by atoms with Crippen LogP contribution < -0.4 is 0 Å². The number of alkyl halides is 3. The van der Waals surface area contributed by atoms with E-state index >= 15 is 0 Å². The second-order valence-electron chi connectivity index (χ2n) is 6.71. The molecule has 0 bridgehead atoms. The molecule has 12 heteroatoms. The fraction of sp³-hybridized carbons (Fsp3) is 0.368. The Morgan fingerprint density at radius 3 is 2.35 bits per heavy atom. The first kappa shape index (κ1) is 22.2. The van der Waals surface area contributed by atoms with Crippen LogP contribution in [-0.4, -0.2) is 53.3 Å². The van der Waals surface area contributed by atoms with Gasteiger partial charge in [0.2, 0.25) is 0 Å². The molecule has 0 radical (unpaired) electrons. The van der Waals surface area contributed by atoms with Gasteiger partial charge in [-0.15, -0.1) is 4.80 Å². The van der Waals surface area contributed by atoms with Crippen LogP contribution in [0.4, 0.5) is 17.6 Å². The molecule has 0 fully saturated rings. The number of halogens is 4. The lowest BCUT2D eigenvalue weighted by molar-refractivity contribution is -0.138. The van der Waals surface area contributed by atoms with Crippen LogP contribution in [0.5, 0.6) is 0 Å². The molecule has 0 saturated carbocycles. The first-order valence-electron chi connectivity index (χ1n) is 9.42. The van der Waals surface area contributed by atoms with Gasteiger partial charge >= 0.3 is 6.18 Å². The van der Waals surface area contributed by atoms with Crippen LogP contribution in [0.1, 0.15) is 42.0 Å². The summed E-state index contributed by atoms with van der Waals surface area (Å²) in [5.74, 6) is -0.825. The predicted molar refractivity (Wildman–Crippen MR) is 101 cm³/mol. The molecule has 0 aliphatic carbocycles. The minimum atomic E-state index is -4.50. The molecule has 8 nitrogen and oxygen atoms in total. The summed E-state index contributed by atoms with van der Waals surface area (Å²) in [6, 6.07) is 0.743. The molecule has 1 amide bonds. The summed E-state index contributed by atoms with van der Waals surface area (Å²) in [6.07, 6.45) is 1.40. The number of hydrogen-bond acceptors (Lipinski definition) is 6. The predicted octanol–water partition coefficient (Wildman–Crippen LogP) is 3.09. The van der Waals surface area contributed by atoms with Crippen molar-refractivity contribution in [3.63, 3.8) is 0 Å². The molecule has 0 saturated heterocycles. The molecule has 0 aromatic carbocycles. The number of amides is 1. The summed E-state index contributed by atoms with van der Waals surface area (Å²) < 4.78 is 51.7. The molecule has 3 aromatic heterocycles. The number of aryl methyl sites for hydroxylation is 1. The maximum absolute atomic E-state index is 13.8. The highest BCUT2D eigenvalue weighted by Gasteiger charge is 2.31. The molecular weight excluding hydrogens is 418 g/mol. The molecule has 3 aromatic rings. The van der Waals surface area contributed by atoms with Crippen molar-refractivity contribution in [2.45, 2.75) is 38.9 Å². The van der Waals surface area contributed by atoms with E-state index in [1.165, 1.54) is 17.3 Å². The lowest BCUT2D eigenvalue weighted by atomic mass is 10.1. The largest absolute Gasteiger partial charge is 0.419 e. The first-order valence-corrected chi connectivity index (χ1v) is 9.42. The van der Waals surface area contributed by atoms with Gasteiger partial charge in [0.05, 0.1) is 29.7 Å². The highest BCUT2D eigenvalue weighted by atomic mass is 19.4. The SMILES string of the molecule is CCN(C(=O)c1cc(F)cnc1-n1nccn1)[C@@H](C)CCc1ncc(C(F)(F)F)cn1. The number of pyridine rings is 1. The van der Waals surface area contributed by atoms with Gasteiger partial charge in [-0.05, 0) is 26.3 Å². The van der Waals surface area contributed by atoms with Gasteiger partial charge in [-0.25, -0.2) is 19.3 Å². The van der Waals surface area contributed by atoms with Crippen molar-refractivity contribution in [1.29, 1.82) is 0 Å². The average molecular weight is 437 g/mol. The van der Waals surface area contributed by atoms with E-state index in [4.69, 9.17) is 0 Å². The van der Waals surface area contributed by atoms with Gasteiger partial charge in [0.1, 0.15) is 11.6 Å². The lowest BCUT2D eigenvalue weighted by Crippen LogP contribution is -2.39. The molecule has 0 unspecified atom stereocenters. The van der Waals surface area contributed by atoms with E-state index in [9.17, 15) is 22.4 Å². The third-order valence-corrected chi connectivity index (χ3v) is 4.62. The highest BCUT2D eigenvalue weighted by molar-refractivity contribution is 5.97. The van der Waals surface area contributed by atoms with E-state index in [0.717, 1.165) is 29.5 Å². The van der Waals surface area contributed by atoms with Crippen molar-refractivity contribution in [1.82, 2.24) is 34.8 Å². The standard InChI is InChI=1S/C19H19F4N7O/c1-3-29(12(2)4-5-16-24-9-13(10-25-16)19(21,22)23)18(31)15-8-14(20)11-26-17(15)30-27-6-7-28-30/h6-12H,3-5H2,1-2H3/t12-/m0/s1. The van der Waals surface area contributed by atoms with Crippen molar-refractivity contribution in [3.8, 4) is 5.82 Å². The minimum Gasteiger partial charge on any atom is -0.336 e. The zero-order chi connectivity index (χ0) is 22.6. The summed E-state index contributed by atoms with van der Waals surface area (Å²) in [5, 5.41) is 7.89. The van der Waals surface area contributed by atoms with Crippen LogP contribution in [0.2, 0.25) is 0 Å². The summed E-state index contributed by atoms with van der Waals surface area (Å²) in [4.78, 5) is 27.2. The quantitative estimate of drug-likeness (QED) is 0.528. The fourth-order valence-electron chi connectivity index (χ4n) is 3.01. The number of nitrogens with zero attached hydrogens (tertiary/aromatic N) is 7. The van der Waals surface area contributed by atoms with Gasteiger partial charge in [0, 0.05) is 31.4 Å². The number of hydrogen-bond donors (Lipinski definition) is 0. The lowest BCUT2D eigenvalue weighted by Gasteiger charge is -2.28. The van der Waals surface area contributed by atoms with Crippen LogP contribution in [0.15, 0.2) is 37.1 Å². The maximum atomic E-state index is 13.8. The van der Waals surface area contributed by atoms with Gasteiger partial charge in [0.25, 0.3) is 5.91 Å². The molecule has 1 atom stereocenters. The molecule has 3 rings (SSSR count). The molecule has 0 aliphatic rings. The Labute approximate surface area is 175 Å². The van der Waals surface area contributed by atoms with Crippen molar-refractivity contribution in [3.05, 3.63) is 59.8 Å². The molecule has 0 aliphatic heterocycles. The number of carbonyl (C=O) groups is 1. The zero-order valence-corrected chi connectivity index (χ0v) is 16.7. The summed E-state index contributed by atoms with van der Waals surface area (Å²) in [7, 11) is 0. The fourth-order valence-corrected chi connectivity index (χ4v) is 3.01. The van der Waals surface area contributed by atoms with Crippen LogP contribution in [-0.2, 0) is 12.6 Å². The van der Waals surface area contributed by atoms with Crippen molar-refractivity contribution < 1.29 is 22.4 Å². The molecule has 0 N–H and O–H groups in total. The average Bonchev–Trinajstić information content (AvgIpc) is 3.27. The van der Waals surface area contributed by atoms with E-state index < -0.39 is 23.5 Å². The molecular formula is C19H19F4N7O. The van der Waals surface area contributed by atoms with Gasteiger partial charge in [0.15, 0.2) is 5.82 Å². The second kappa shape index (κ2) is 9.14. The molecule has 0 spiro atoms. The number of carbonyl (C=O) groups excluding carboxylic acids is 1. The normalized spacial score (nSPS) is 12.6. The Balaban J connectivity index is 1.74. The van der Waals surface area contributed by atoms with Crippen molar-refractivity contribution >= 4 is 5.91 Å². The minimum absolute atomic E-state index is 0.00400. The highest BCUT2D eigenvalue weighted by Crippen LogP contribution is 2.27. The monoisotopic (exact) mass is 437 g/mol. The smallest absolute Gasteiger partial charge is 0.336 e. The molecule has 3 heterocycles. The van der Waals surface area contributed by atoms with E-state index in [-0.39, 0.29) is 29.7 Å². The van der Waals surface area contributed by atoms with Crippen LogP contribution in [0.25, 0.3) is 5.82 Å². The van der Waals surface area contributed by atoms with E-state index in [2.05, 4.69) is 25.1 Å². The first-order chi connectivity index (χ1) is 14.7. The summed E-state index contributed by atoms with van der Waals surface area (Å²) >= 11 is 0. The van der Waals surface area contributed by atoms with Crippen molar-refractivity contribution in [2.75, 3.05) is 6.54 Å². The van der Waals surface area contributed by atoms with Crippen molar-refractivity contribution in [2.24, 2.45) is 0 Å². The van der Waals surface area contributed by atoms with Gasteiger partial charge in [-0.2, -0.15) is 23.4 Å². The Bertz CT molecular complexity index is 1020. The van der Waals surface area contributed by atoms with Crippen LogP contribution >= 0.6 is 0 Å². The Morgan fingerprint density at radius 1 is 1.13 bits per heavy atom. The Kier molecular flexibility index (Phi) is 6.56. The molecule has 164 valence electrons. The second-order valence-corrected chi connectivity index (χ2v) is 6.71. The molecule has 31 heavy (non-hydrogen) atoms. The van der Waals surface area contributed by atoms with E-state index in [1.54, 1.807) is 13.8 Å². The van der Waals surface area contributed by atoms with Gasteiger partial charge in [-0.1, -0.05) is 0 Å². The van der Waals surface area contributed by atoms with Gasteiger partial charge < -0.3 is 4.90 Å². The Hall–Kier alpha value is -3.44. The third kappa shape index (κ3) is 5.19. The van der Waals surface area contributed by atoms with E-state index in [1.807, 2.05) is 0 Å². The topological polar surface area (TPSA) is 89.7 Å². The Morgan fingerprint density at radius 2 is 1.77 bits per heavy atom. The van der Waals surface area contributed by atoms with Crippen LogP contribution in [0, 0.1) is 5.82 Å². The maximum Gasteiger partial charge on any atom is 0.419 e. The number of aromatic nitrogens is 6. The summed E-state index contributed by atoms with van der Waals surface area (Å²) in [6.45, 7) is 3.86. The van der Waals surface area contributed by atoms with E-state index in [0.29, 0.717) is 13.0 Å².